The number of nitrogens with one attached hydrogen (secondary N) is 1. The van der Waals surface area contributed by atoms with Gasteiger partial charge in [-0.3, -0.25) is 4.79 Å². The van der Waals surface area contributed by atoms with Gasteiger partial charge in [0.1, 0.15) is 18.1 Å². The van der Waals surface area contributed by atoms with Crippen LogP contribution in [0.3, 0.4) is 0 Å². The largest absolute Gasteiger partial charge is 0.486 e. The quantitative estimate of drug-likeness (QED) is 0.358. The summed E-state index contributed by atoms with van der Waals surface area (Å²) in [5, 5.41) is 4.86. The predicted octanol–water partition coefficient (Wildman–Crippen LogP) is 5.88. The number of carbonyl (C=O) groups excluding carboxylic acids is 1. The Morgan fingerprint density at radius 2 is 1.93 bits per heavy atom. The van der Waals surface area contributed by atoms with Crippen LogP contribution in [-0.2, 0) is 13.0 Å². The summed E-state index contributed by atoms with van der Waals surface area (Å²) < 4.78 is 11.2. The molecule has 3 rings (SSSR count). The molecule has 0 aliphatic carbocycles. The lowest BCUT2D eigenvalue weighted by Crippen LogP contribution is -2.16. The minimum absolute atomic E-state index is 0.140. The van der Waals surface area contributed by atoms with Gasteiger partial charge < -0.3 is 9.15 Å². The zero-order valence-corrected chi connectivity index (χ0v) is 17.3. The Balaban J connectivity index is 1.52. The molecule has 150 valence electrons. The molecular weight excluding hydrogens is 411 g/mol. The zero-order valence-electron chi connectivity index (χ0n) is 15.8. The molecule has 7 heteroatoms. The molecule has 0 unspecified atom stereocenters. The number of hydrogen-bond acceptors (Lipinski definition) is 4. The average Bonchev–Trinajstić information content (AvgIpc) is 3.18. The van der Waals surface area contributed by atoms with Gasteiger partial charge >= 0.3 is 5.91 Å². The van der Waals surface area contributed by atoms with Crippen molar-refractivity contribution in [1.82, 2.24) is 5.43 Å². The van der Waals surface area contributed by atoms with Gasteiger partial charge in [0.25, 0.3) is 0 Å². The van der Waals surface area contributed by atoms with E-state index >= 15 is 0 Å². The Morgan fingerprint density at radius 1 is 1.14 bits per heavy atom. The number of rotatable bonds is 8. The maximum absolute atomic E-state index is 12.1. The Bertz CT molecular complexity index is 998. The minimum atomic E-state index is -0.471. The van der Waals surface area contributed by atoms with Gasteiger partial charge in [0.15, 0.2) is 5.76 Å². The van der Waals surface area contributed by atoms with Crippen LogP contribution in [-0.4, -0.2) is 12.1 Å². The van der Waals surface area contributed by atoms with Gasteiger partial charge in [-0.15, -0.1) is 0 Å². The van der Waals surface area contributed by atoms with E-state index in [0.717, 1.165) is 18.6 Å². The molecule has 0 aliphatic heterocycles. The molecule has 0 saturated carbocycles. The van der Waals surface area contributed by atoms with Crippen molar-refractivity contribution in [3.63, 3.8) is 0 Å². The third-order valence-electron chi connectivity index (χ3n) is 4.06. The standard InChI is InChI=1S/C22H20Cl2N2O3/c1-2-3-15-4-8-18(9-5-15)28-14-19-10-11-21(29-19)22(27)26-25-13-16-6-7-17(23)12-20(16)24/h4-13H,2-3,14H2,1H3,(H,26,27). The predicted molar refractivity (Wildman–Crippen MR) is 115 cm³/mol. The van der Waals surface area contributed by atoms with Gasteiger partial charge in [0.2, 0.25) is 0 Å². The lowest BCUT2D eigenvalue weighted by molar-refractivity contribution is 0.0923. The monoisotopic (exact) mass is 430 g/mol. The van der Waals surface area contributed by atoms with Crippen LogP contribution in [0.4, 0.5) is 0 Å². The summed E-state index contributed by atoms with van der Waals surface area (Å²) >= 11 is 11.9. The van der Waals surface area contributed by atoms with Crippen molar-refractivity contribution in [2.75, 3.05) is 0 Å². The van der Waals surface area contributed by atoms with Crippen LogP contribution in [0, 0.1) is 0 Å². The van der Waals surface area contributed by atoms with Crippen molar-refractivity contribution in [3.8, 4) is 5.75 Å². The summed E-state index contributed by atoms with van der Waals surface area (Å²) in [4.78, 5) is 12.1. The first-order chi connectivity index (χ1) is 14.0. The van der Waals surface area contributed by atoms with Crippen LogP contribution < -0.4 is 10.2 Å². The minimum Gasteiger partial charge on any atom is -0.486 e. The van der Waals surface area contributed by atoms with Gasteiger partial charge in [-0.1, -0.05) is 54.7 Å². The molecule has 0 fully saturated rings. The third kappa shape index (κ3) is 6.11. The van der Waals surface area contributed by atoms with Gasteiger partial charge in [-0.25, -0.2) is 5.43 Å². The number of ether oxygens (including phenoxy) is 1. The van der Waals surface area contributed by atoms with E-state index in [4.69, 9.17) is 32.4 Å². The molecule has 0 spiro atoms. The van der Waals surface area contributed by atoms with Gasteiger partial charge in [0.05, 0.1) is 11.2 Å². The Kier molecular flexibility index (Phi) is 7.33. The molecule has 2 aromatic carbocycles. The Labute approximate surface area is 179 Å². The first-order valence-corrected chi connectivity index (χ1v) is 9.89. The second kappa shape index (κ2) is 10.1. The maximum Gasteiger partial charge on any atom is 0.307 e. The van der Waals surface area contributed by atoms with E-state index < -0.39 is 5.91 Å². The third-order valence-corrected chi connectivity index (χ3v) is 4.62. The van der Waals surface area contributed by atoms with Crippen molar-refractivity contribution in [2.45, 2.75) is 26.4 Å². The molecule has 0 bridgehead atoms. The lowest BCUT2D eigenvalue weighted by Gasteiger charge is -2.05. The Morgan fingerprint density at radius 3 is 2.66 bits per heavy atom. The van der Waals surface area contributed by atoms with Crippen molar-refractivity contribution >= 4 is 35.3 Å². The van der Waals surface area contributed by atoms with Gasteiger partial charge in [-0.2, -0.15) is 5.10 Å². The molecule has 1 N–H and O–H groups in total. The molecule has 29 heavy (non-hydrogen) atoms. The topological polar surface area (TPSA) is 63.8 Å². The molecule has 0 aliphatic rings. The number of furan rings is 1. The highest BCUT2D eigenvalue weighted by atomic mass is 35.5. The molecule has 3 aromatic rings. The van der Waals surface area contributed by atoms with Crippen LogP contribution in [0.15, 0.2) is 64.1 Å². The summed E-state index contributed by atoms with van der Waals surface area (Å²) in [6, 6.07) is 16.2. The number of hydrazone groups is 1. The smallest absolute Gasteiger partial charge is 0.307 e. The number of halogens is 2. The highest BCUT2D eigenvalue weighted by Crippen LogP contribution is 2.19. The van der Waals surface area contributed by atoms with Crippen molar-refractivity contribution in [2.24, 2.45) is 5.10 Å². The molecule has 0 saturated heterocycles. The second-order valence-electron chi connectivity index (χ2n) is 6.31. The SMILES string of the molecule is CCCc1ccc(OCc2ccc(C(=O)NN=Cc3ccc(Cl)cc3Cl)o2)cc1. The summed E-state index contributed by atoms with van der Waals surface area (Å²) in [6.07, 6.45) is 3.59. The van der Waals surface area contributed by atoms with Crippen LogP contribution in [0.2, 0.25) is 10.0 Å². The van der Waals surface area contributed by atoms with E-state index in [-0.39, 0.29) is 12.4 Å². The first-order valence-electron chi connectivity index (χ1n) is 9.14. The van der Waals surface area contributed by atoms with Crippen molar-refractivity contribution in [1.29, 1.82) is 0 Å². The number of amides is 1. The van der Waals surface area contributed by atoms with Crippen LogP contribution in [0.1, 0.15) is 40.8 Å². The van der Waals surface area contributed by atoms with E-state index in [1.165, 1.54) is 11.8 Å². The molecular formula is C22H20Cl2N2O3. The average molecular weight is 431 g/mol. The molecule has 0 radical (unpaired) electrons. The van der Waals surface area contributed by atoms with E-state index in [0.29, 0.717) is 21.4 Å². The fraction of sp³-hybridized carbons (Fsp3) is 0.182. The van der Waals surface area contributed by atoms with E-state index in [1.54, 1.807) is 30.3 Å². The van der Waals surface area contributed by atoms with Gasteiger partial charge in [-0.05, 0) is 48.4 Å². The van der Waals surface area contributed by atoms with Crippen molar-refractivity contribution in [3.05, 3.63) is 87.3 Å². The number of carbonyl (C=O) groups is 1. The van der Waals surface area contributed by atoms with Gasteiger partial charge in [0, 0.05) is 10.6 Å². The highest BCUT2D eigenvalue weighted by Gasteiger charge is 2.11. The summed E-state index contributed by atoms with van der Waals surface area (Å²) in [5.41, 5.74) is 4.31. The highest BCUT2D eigenvalue weighted by molar-refractivity contribution is 6.36. The molecule has 0 atom stereocenters. The van der Waals surface area contributed by atoms with E-state index in [1.807, 2.05) is 24.3 Å². The Hall–Kier alpha value is -2.76. The molecule has 5 nitrogen and oxygen atoms in total. The number of benzene rings is 2. The number of hydrogen-bond donors (Lipinski definition) is 1. The number of aryl methyl sites for hydroxylation is 1. The second-order valence-corrected chi connectivity index (χ2v) is 7.16. The summed E-state index contributed by atoms with van der Waals surface area (Å²) in [7, 11) is 0. The van der Waals surface area contributed by atoms with E-state index in [2.05, 4.69) is 17.5 Å². The summed E-state index contributed by atoms with van der Waals surface area (Å²) in [5.74, 6) is 0.956. The fourth-order valence-corrected chi connectivity index (χ4v) is 3.05. The summed E-state index contributed by atoms with van der Waals surface area (Å²) in [6.45, 7) is 2.37. The molecule has 1 amide bonds. The normalized spacial score (nSPS) is 11.0. The van der Waals surface area contributed by atoms with Crippen LogP contribution >= 0.6 is 23.2 Å². The molecule has 1 aromatic heterocycles. The zero-order chi connectivity index (χ0) is 20.6. The van der Waals surface area contributed by atoms with Crippen LogP contribution in [0.25, 0.3) is 0 Å². The van der Waals surface area contributed by atoms with E-state index in [9.17, 15) is 4.79 Å². The fourth-order valence-electron chi connectivity index (χ4n) is 2.59. The van der Waals surface area contributed by atoms with Crippen LogP contribution in [0.5, 0.6) is 5.75 Å². The molecule has 1 heterocycles. The number of nitrogens with zero attached hydrogens (tertiary/aromatic N) is 1. The van der Waals surface area contributed by atoms with Crippen molar-refractivity contribution < 1.29 is 13.9 Å². The first kappa shape index (κ1) is 21.0. The lowest BCUT2D eigenvalue weighted by atomic mass is 10.1. The maximum atomic E-state index is 12.1.